The molecule has 136 valence electrons. The second-order valence-corrected chi connectivity index (χ2v) is 6.86. The highest BCUT2D eigenvalue weighted by atomic mass is 16.2. The molecule has 4 amide bonds. The van der Waals surface area contributed by atoms with Crippen LogP contribution in [0.1, 0.15) is 18.5 Å². The second-order valence-electron chi connectivity index (χ2n) is 6.86. The van der Waals surface area contributed by atoms with Crippen LogP contribution in [-0.2, 0) is 16.6 Å². The number of urea groups is 1. The number of hydrogen-bond acceptors (Lipinski definition) is 5. The zero-order chi connectivity index (χ0) is 18.4. The van der Waals surface area contributed by atoms with Crippen LogP contribution in [-0.4, -0.2) is 81.6 Å². The van der Waals surface area contributed by atoms with Crippen LogP contribution in [0.15, 0.2) is 6.20 Å². The number of aromatic nitrogens is 2. The maximum absolute atomic E-state index is 12.5. The Labute approximate surface area is 146 Å². The first-order chi connectivity index (χ1) is 11.7. The molecule has 0 aliphatic carbocycles. The van der Waals surface area contributed by atoms with E-state index in [0.29, 0.717) is 31.6 Å². The van der Waals surface area contributed by atoms with Gasteiger partial charge in [0.2, 0.25) is 5.91 Å². The molecule has 0 bridgehead atoms. The van der Waals surface area contributed by atoms with E-state index in [4.69, 9.17) is 0 Å². The second kappa shape index (κ2) is 6.14. The predicted molar refractivity (Wildman–Crippen MR) is 90.9 cm³/mol. The molecule has 9 nitrogen and oxygen atoms in total. The molecule has 25 heavy (non-hydrogen) atoms. The smallest absolute Gasteiger partial charge is 0.322 e. The maximum atomic E-state index is 12.5. The molecule has 2 aliphatic rings. The average molecular weight is 348 g/mol. The third-order valence-electron chi connectivity index (χ3n) is 5.26. The Kier molecular flexibility index (Phi) is 4.28. The van der Waals surface area contributed by atoms with Crippen molar-refractivity contribution in [3.63, 3.8) is 0 Å². The van der Waals surface area contributed by atoms with E-state index >= 15 is 0 Å². The van der Waals surface area contributed by atoms with E-state index in [1.807, 2.05) is 11.8 Å². The van der Waals surface area contributed by atoms with Gasteiger partial charge in [0.25, 0.3) is 5.91 Å². The minimum atomic E-state index is -0.751. The number of anilines is 1. The summed E-state index contributed by atoms with van der Waals surface area (Å²) in [5.74, 6) is -0.249. The molecule has 1 N–H and O–H groups in total. The Hall–Kier alpha value is -2.42. The molecule has 0 unspecified atom stereocenters. The highest BCUT2D eigenvalue weighted by molar-refractivity contribution is 6.06. The Morgan fingerprint density at radius 1 is 1.24 bits per heavy atom. The standard InChI is InChI=1S/C16H24N6O3/c1-11-12(9-19(2)18-11)17-13(23)10-22-7-5-16(6-8-22)14(24)20(3)15(25)21(16)4/h9H,5-8,10H2,1-4H3,(H,17,23). The predicted octanol–water partition coefficient (Wildman–Crippen LogP) is 0.0254. The van der Waals surface area contributed by atoms with Gasteiger partial charge in [0, 0.05) is 40.4 Å². The van der Waals surface area contributed by atoms with E-state index in [-0.39, 0.29) is 24.4 Å². The fraction of sp³-hybridized carbons (Fsp3) is 0.625. The quantitative estimate of drug-likeness (QED) is 0.778. The van der Waals surface area contributed by atoms with Crippen molar-refractivity contribution in [2.45, 2.75) is 25.3 Å². The zero-order valence-electron chi connectivity index (χ0n) is 15.1. The molecule has 9 heteroatoms. The molecule has 3 rings (SSSR count). The fourth-order valence-corrected chi connectivity index (χ4v) is 3.70. The third-order valence-corrected chi connectivity index (χ3v) is 5.26. The number of carbonyl (C=O) groups is 3. The van der Waals surface area contributed by atoms with Crippen molar-refractivity contribution < 1.29 is 14.4 Å². The first kappa shape index (κ1) is 17.4. The van der Waals surface area contributed by atoms with Gasteiger partial charge in [0.15, 0.2) is 0 Å². The molecule has 0 aromatic carbocycles. The van der Waals surface area contributed by atoms with Crippen molar-refractivity contribution >= 4 is 23.5 Å². The zero-order valence-corrected chi connectivity index (χ0v) is 15.1. The SMILES string of the molecule is Cc1nn(C)cc1NC(=O)CN1CCC2(CC1)C(=O)N(C)C(=O)N2C. The molecule has 0 saturated carbocycles. The average Bonchev–Trinajstić information content (AvgIpc) is 2.96. The maximum Gasteiger partial charge on any atom is 0.327 e. The Balaban J connectivity index is 1.58. The Morgan fingerprint density at radius 2 is 1.88 bits per heavy atom. The lowest BCUT2D eigenvalue weighted by atomic mass is 9.86. The van der Waals surface area contributed by atoms with Gasteiger partial charge in [-0.25, -0.2) is 4.79 Å². The van der Waals surface area contributed by atoms with E-state index in [9.17, 15) is 14.4 Å². The first-order valence-electron chi connectivity index (χ1n) is 8.33. The normalized spacial score (nSPS) is 20.6. The number of amides is 4. The van der Waals surface area contributed by atoms with Crippen LogP contribution < -0.4 is 5.32 Å². The Morgan fingerprint density at radius 3 is 2.36 bits per heavy atom. The van der Waals surface area contributed by atoms with Gasteiger partial charge in [-0.05, 0) is 19.8 Å². The molecular weight excluding hydrogens is 324 g/mol. The van der Waals surface area contributed by atoms with Crippen LogP contribution in [0.4, 0.5) is 10.5 Å². The van der Waals surface area contributed by atoms with Gasteiger partial charge in [0.05, 0.1) is 17.9 Å². The number of rotatable bonds is 3. The van der Waals surface area contributed by atoms with Crippen LogP contribution in [0.2, 0.25) is 0 Å². The number of likely N-dealkylation sites (tertiary alicyclic amines) is 1. The summed E-state index contributed by atoms with van der Waals surface area (Å²) in [6.45, 7) is 3.29. The number of piperidine rings is 1. The molecular formula is C16H24N6O3. The summed E-state index contributed by atoms with van der Waals surface area (Å²) in [5, 5.41) is 7.07. The summed E-state index contributed by atoms with van der Waals surface area (Å²) in [7, 11) is 5.00. The van der Waals surface area contributed by atoms with Crippen molar-refractivity contribution in [1.29, 1.82) is 0 Å². The van der Waals surface area contributed by atoms with Gasteiger partial charge in [-0.2, -0.15) is 5.10 Å². The molecule has 2 fully saturated rings. The van der Waals surface area contributed by atoms with E-state index in [0.717, 1.165) is 5.69 Å². The van der Waals surface area contributed by atoms with Crippen LogP contribution in [0.5, 0.6) is 0 Å². The minimum Gasteiger partial charge on any atom is -0.322 e. The van der Waals surface area contributed by atoms with Crippen LogP contribution in [0.3, 0.4) is 0 Å². The van der Waals surface area contributed by atoms with E-state index in [1.54, 1.807) is 29.9 Å². The lowest BCUT2D eigenvalue weighted by Gasteiger charge is -2.40. The molecule has 0 atom stereocenters. The summed E-state index contributed by atoms with van der Waals surface area (Å²) >= 11 is 0. The van der Waals surface area contributed by atoms with Crippen molar-refractivity contribution in [1.82, 2.24) is 24.5 Å². The molecule has 0 radical (unpaired) electrons. The van der Waals surface area contributed by atoms with E-state index in [1.165, 1.54) is 11.9 Å². The lowest BCUT2D eigenvalue weighted by molar-refractivity contribution is -0.134. The van der Waals surface area contributed by atoms with Crippen molar-refractivity contribution in [2.24, 2.45) is 7.05 Å². The van der Waals surface area contributed by atoms with Gasteiger partial charge in [0.1, 0.15) is 5.54 Å². The Bertz CT molecular complexity index is 719. The number of carbonyl (C=O) groups excluding carboxylic acids is 3. The van der Waals surface area contributed by atoms with Crippen molar-refractivity contribution in [3.05, 3.63) is 11.9 Å². The summed E-state index contributed by atoms with van der Waals surface area (Å²) in [5.41, 5.74) is 0.728. The highest BCUT2D eigenvalue weighted by Gasteiger charge is 2.55. The number of imide groups is 1. The summed E-state index contributed by atoms with van der Waals surface area (Å²) in [4.78, 5) is 41.5. The number of nitrogens with zero attached hydrogens (tertiary/aromatic N) is 5. The molecule has 3 heterocycles. The van der Waals surface area contributed by atoms with Crippen LogP contribution >= 0.6 is 0 Å². The molecule has 2 aliphatic heterocycles. The molecule has 1 spiro atoms. The fourth-order valence-electron chi connectivity index (χ4n) is 3.70. The van der Waals surface area contributed by atoms with Gasteiger partial charge < -0.3 is 10.2 Å². The minimum absolute atomic E-state index is 0.105. The number of likely N-dealkylation sites (N-methyl/N-ethyl adjacent to an activating group) is 2. The lowest BCUT2D eigenvalue weighted by Crippen LogP contribution is -2.56. The van der Waals surface area contributed by atoms with Gasteiger partial charge in [-0.15, -0.1) is 0 Å². The summed E-state index contributed by atoms with van der Waals surface area (Å²) < 4.78 is 1.66. The van der Waals surface area contributed by atoms with Crippen molar-refractivity contribution in [3.8, 4) is 0 Å². The van der Waals surface area contributed by atoms with E-state index in [2.05, 4.69) is 10.4 Å². The first-order valence-corrected chi connectivity index (χ1v) is 8.33. The van der Waals surface area contributed by atoms with Gasteiger partial charge >= 0.3 is 6.03 Å². The highest BCUT2D eigenvalue weighted by Crippen LogP contribution is 2.35. The molecule has 2 saturated heterocycles. The van der Waals surface area contributed by atoms with Crippen LogP contribution in [0.25, 0.3) is 0 Å². The van der Waals surface area contributed by atoms with Gasteiger partial charge in [-0.3, -0.25) is 24.1 Å². The van der Waals surface area contributed by atoms with Crippen LogP contribution in [0, 0.1) is 6.92 Å². The van der Waals surface area contributed by atoms with E-state index < -0.39 is 5.54 Å². The van der Waals surface area contributed by atoms with Crippen molar-refractivity contribution in [2.75, 3.05) is 39.0 Å². The topological polar surface area (TPSA) is 90.8 Å². The number of hydrogen-bond donors (Lipinski definition) is 1. The monoisotopic (exact) mass is 348 g/mol. The number of aryl methyl sites for hydroxylation is 2. The third kappa shape index (κ3) is 2.88. The largest absolute Gasteiger partial charge is 0.327 e. The number of nitrogens with one attached hydrogen (secondary N) is 1. The summed E-state index contributed by atoms with van der Waals surface area (Å²) in [6.07, 6.45) is 2.85. The summed E-state index contributed by atoms with van der Waals surface area (Å²) in [6, 6.07) is -0.261. The van der Waals surface area contributed by atoms with Gasteiger partial charge in [-0.1, -0.05) is 0 Å². The molecule has 1 aromatic rings. The molecule has 1 aromatic heterocycles.